The first kappa shape index (κ1) is 13.8. The first-order valence-corrected chi connectivity index (χ1v) is 6.42. The minimum Gasteiger partial charge on any atom is -0.492 e. The van der Waals surface area contributed by atoms with Gasteiger partial charge in [0.2, 0.25) is 0 Å². The number of benzene rings is 1. The number of halogens is 1. The minimum atomic E-state index is -0.221. The van der Waals surface area contributed by atoms with Crippen LogP contribution < -0.4 is 16.0 Å². The second-order valence-electron chi connectivity index (χ2n) is 4.01. The number of hydrazine groups is 1. The molecule has 1 atom stereocenters. The van der Waals surface area contributed by atoms with Crippen molar-refractivity contribution in [1.82, 2.24) is 10.4 Å². The zero-order valence-electron chi connectivity index (χ0n) is 10.6. The SMILES string of the molecule is CCOc1cncc(C(NN)c2ccccc2Cl)c1. The summed E-state index contributed by atoms with van der Waals surface area (Å²) in [7, 11) is 0. The highest BCUT2D eigenvalue weighted by atomic mass is 35.5. The highest BCUT2D eigenvalue weighted by molar-refractivity contribution is 6.31. The van der Waals surface area contributed by atoms with Crippen LogP contribution in [0.1, 0.15) is 24.1 Å². The number of nitrogens with two attached hydrogens (primary N) is 1. The average molecular weight is 278 g/mol. The van der Waals surface area contributed by atoms with E-state index in [1.165, 1.54) is 0 Å². The lowest BCUT2D eigenvalue weighted by Crippen LogP contribution is -2.29. The van der Waals surface area contributed by atoms with E-state index >= 15 is 0 Å². The number of hydrogen-bond acceptors (Lipinski definition) is 4. The van der Waals surface area contributed by atoms with Crippen LogP contribution in [0.15, 0.2) is 42.7 Å². The zero-order valence-corrected chi connectivity index (χ0v) is 11.4. The number of nitrogens with one attached hydrogen (secondary N) is 1. The first-order chi connectivity index (χ1) is 9.26. The topological polar surface area (TPSA) is 60.2 Å². The molecule has 0 aliphatic rings. The lowest BCUT2D eigenvalue weighted by molar-refractivity contribution is 0.338. The van der Waals surface area contributed by atoms with Crippen LogP contribution in [0.3, 0.4) is 0 Å². The fraction of sp³-hybridized carbons (Fsp3) is 0.214. The molecule has 1 aromatic carbocycles. The molecule has 3 N–H and O–H groups in total. The molecule has 0 radical (unpaired) electrons. The van der Waals surface area contributed by atoms with Gasteiger partial charge in [-0.25, -0.2) is 5.43 Å². The van der Waals surface area contributed by atoms with Crippen molar-refractivity contribution in [2.45, 2.75) is 13.0 Å². The van der Waals surface area contributed by atoms with Crippen LogP contribution in [0.4, 0.5) is 0 Å². The third-order valence-electron chi connectivity index (χ3n) is 2.76. The lowest BCUT2D eigenvalue weighted by atomic mass is 10.0. The van der Waals surface area contributed by atoms with Gasteiger partial charge in [-0.2, -0.15) is 0 Å². The van der Waals surface area contributed by atoms with E-state index in [9.17, 15) is 0 Å². The van der Waals surface area contributed by atoms with Gasteiger partial charge in [0.15, 0.2) is 0 Å². The summed E-state index contributed by atoms with van der Waals surface area (Å²) in [4.78, 5) is 4.16. The second-order valence-corrected chi connectivity index (χ2v) is 4.42. The van der Waals surface area contributed by atoms with Crippen molar-refractivity contribution in [2.24, 2.45) is 5.84 Å². The van der Waals surface area contributed by atoms with E-state index in [2.05, 4.69) is 10.4 Å². The molecule has 2 rings (SSSR count). The highest BCUT2D eigenvalue weighted by Gasteiger charge is 2.16. The van der Waals surface area contributed by atoms with Gasteiger partial charge in [0.1, 0.15) is 5.75 Å². The largest absolute Gasteiger partial charge is 0.492 e. The van der Waals surface area contributed by atoms with E-state index in [1.54, 1.807) is 12.4 Å². The van der Waals surface area contributed by atoms with Crippen LogP contribution in [0.25, 0.3) is 0 Å². The van der Waals surface area contributed by atoms with Crippen LogP contribution in [0.2, 0.25) is 5.02 Å². The summed E-state index contributed by atoms with van der Waals surface area (Å²) in [5, 5.41) is 0.660. The lowest BCUT2D eigenvalue weighted by Gasteiger charge is -2.18. The Morgan fingerprint density at radius 1 is 1.37 bits per heavy atom. The van der Waals surface area contributed by atoms with E-state index in [1.807, 2.05) is 37.3 Å². The molecular formula is C14H16ClN3O. The zero-order chi connectivity index (χ0) is 13.7. The van der Waals surface area contributed by atoms with Gasteiger partial charge in [0, 0.05) is 11.2 Å². The number of hydrogen-bond donors (Lipinski definition) is 2. The van der Waals surface area contributed by atoms with Gasteiger partial charge in [0.05, 0.1) is 18.8 Å². The number of aromatic nitrogens is 1. The number of ether oxygens (including phenoxy) is 1. The van der Waals surface area contributed by atoms with E-state index in [0.717, 1.165) is 11.1 Å². The Morgan fingerprint density at radius 3 is 2.84 bits per heavy atom. The van der Waals surface area contributed by atoms with Crippen molar-refractivity contribution in [3.8, 4) is 5.75 Å². The maximum Gasteiger partial charge on any atom is 0.137 e. The van der Waals surface area contributed by atoms with Gasteiger partial charge >= 0.3 is 0 Å². The van der Waals surface area contributed by atoms with Crippen LogP contribution in [-0.4, -0.2) is 11.6 Å². The van der Waals surface area contributed by atoms with Crippen LogP contribution in [0.5, 0.6) is 5.75 Å². The standard InChI is InChI=1S/C14H16ClN3O/c1-2-19-11-7-10(8-17-9-11)14(18-16)12-5-3-4-6-13(12)15/h3-9,14,18H,2,16H2,1H3. The molecule has 1 heterocycles. The maximum atomic E-state index is 6.20. The molecule has 1 unspecified atom stereocenters. The van der Waals surface area contributed by atoms with Gasteiger partial charge in [-0.05, 0) is 30.2 Å². The molecule has 0 saturated heterocycles. The van der Waals surface area contributed by atoms with E-state index in [0.29, 0.717) is 17.4 Å². The van der Waals surface area contributed by atoms with Gasteiger partial charge in [-0.1, -0.05) is 29.8 Å². The highest BCUT2D eigenvalue weighted by Crippen LogP contribution is 2.28. The summed E-state index contributed by atoms with van der Waals surface area (Å²) in [6.07, 6.45) is 3.42. The maximum absolute atomic E-state index is 6.20. The molecule has 5 heteroatoms. The van der Waals surface area contributed by atoms with Crippen LogP contribution in [-0.2, 0) is 0 Å². The molecule has 2 aromatic rings. The third kappa shape index (κ3) is 3.23. The Balaban J connectivity index is 2.37. The predicted octanol–water partition coefficient (Wildman–Crippen LogP) is 2.69. The average Bonchev–Trinajstić information content (AvgIpc) is 2.43. The fourth-order valence-corrected chi connectivity index (χ4v) is 2.16. The van der Waals surface area contributed by atoms with Gasteiger partial charge in [-0.3, -0.25) is 10.8 Å². The minimum absolute atomic E-state index is 0.221. The molecule has 0 aliphatic heterocycles. The Hall–Kier alpha value is -1.62. The summed E-state index contributed by atoms with van der Waals surface area (Å²) < 4.78 is 5.44. The van der Waals surface area contributed by atoms with Crippen molar-refractivity contribution in [3.63, 3.8) is 0 Å². The van der Waals surface area contributed by atoms with Crippen LogP contribution in [0, 0.1) is 0 Å². The Kier molecular flexibility index (Phi) is 4.74. The summed E-state index contributed by atoms with van der Waals surface area (Å²) in [6, 6.07) is 9.26. The van der Waals surface area contributed by atoms with Gasteiger partial charge in [0.25, 0.3) is 0 Å². The number of nitrogens with zero attached hydrogens (tertiary/aromatic N) is 1. The molecule has 0 aliphatic carbocycles. The van der Waals surface area contributed by atoms with Crippen molar-refractivity contribution < 1.29 is 4.74 Å². The fourth-order valence-electron chi connectivity index (χ4n) is 1.91. The van der Waals surface area contributed by atoms with Crippen molar-refractivity contribution in [3.05, 3.63) is 58.9 Å². The molecule has 0 spiro atoms. The molecule has 0 amide bonds. The molecular weight excluding hydrogens is 262 g/mol. The quantitative estimate of drug-likeness (QED) is 0.652. The van der Waals surface area contributed by atoms with E-state index in [4.69, 9.17) is 22.2 Å². The molecule has 0 fully saturated rings. The smallest absolute Gasteiger partial charge is 0.137 e. The van der Waals surface area contributed by atoms with Gasteiger partial charge in [-0.15, -0.1) is 0 Å². The Labute approximate surface area is 117 Å². The second kappa shape index (κ2) is 6.52. The molecule has 4 nitrogen and oxygen atoms in total. The molecule has 1 aromatic heterocycles. The summed E-state index contributed by atoms with van der Waals surface area (Å²) in [6.45, 7) is 2.53. The monoisotopic (exact) mass is 277 g/mol. The molecule has 0 saturated carbocycles. The van der Waals surface area contributed by atoms with Crippen molar-refractivity contribution in [1.29, 1.82) is 0 Å². The first-order valence-electron chi connectivity index (χ1n) is 6.04. The summed E-state index contributed by atoms with van der Waals surface area (Å²) >= 11 is 6.20. The van der Waals surface area contributed by atoms with Crippen molar-refractivity contribution >= 4 is 11.6 Å². The van der Waals surface area contributed by atoms with Crippen molar-refractivity contribution in [2.75, 3.05) is 6.61 Å². The third-order valence-corrected chi connectivity index (χ3v) is 3.11. The molecule has 100 valence electrons. The van der Waals surface area contributed by atoms with Crippen LogP contribution >= 0.6 is 11.6 Å². The summed E-state index contributed by atoms with van der Waals surface area (Å²) in [5.41, 5.74) is 4.57. The normalized spacial score (nSPS) is 12.2. The number of pyridine rings is 1. The molecule has 0 bridgehead atoms. The molecule has 19 heavy (non-hydrogen) atoms. The Morgan fingerprint density at radius 2 is 2.16 bits per heavy atom. The number of rotatable bonds is 5. The van der Waals surface area contributed by atoms with E-state index < -0.39 is 0 Å². The van der Waals surface area contributed by atoms with Gasteiger partial charge < -0.3 is 4.74 Å². The predicted molar refractivity (Wildman–Crippen MR) is 76.0 cm³/mol. The van der Waals surface area contributed by atoms with E-state index in [-0.39, 0.29) is 6.04 Å². The Bertz CT molecular complexity index is 548. The summed E-state index contributed by atoms with van der Waals surface area (Å²) in [5.74, 6) is 6.37.